The van der Waals surface area contributed by atoms with Crippen LogP contribution in [-0.4, -0.2) is 13.0 Å². The molecule has 1 rings (SSSR count). The minimum Gasteiger partial charge on any atom is -0.489 e. The molecule has 0 bridgehead atoms. The fourth-order valence-electron chi connectivity index (χ4n) is 1.07. The number of para-hydroxylation sites is 2. The maximum Gasteiger partial charge on any atom is 0.573 e. The Labute approximate surface area is 98.3 Å². The quantitative estimate of drug-likeness (QED) is 0.804. The lowest BCUT2D eigenvalue weighted by Gasteiger charge is -2.20. The molecular weight excluding hydrogens is 233 g/mol. The number of benzene rings is 1. The van der Waals surface area contributed by atoms with E-state index in [9.17, 15) is 13.2 Å². The molecule has 0 N–H and O–H groups in total. The SMILES string of the molecule is CC(C)(C)COc1ccccc1OC(F)(F)F. The summed E-state index contributed by atoms with van der Waals surface area (Å²) in [5.74, 6) is -0.219. The van der Waals surface area contributed by atoms with Crippen LogP contribution in [0.5, 0.6) is 11.5 Å². The molecule has 0 aromatic heterocycles. The van der Waals surface area contributed by atoms with Gasteiger partial charge in [-0.3, -0.25) is 0 Å². The highest BCUT2D eigenvalue weighted by atomic mass is 19.4. The lowest BCUT2D eigenvalue weighted by molar-refractivity contribution is -0.275. The van der Waals surface area contributed by atoms with Gasteiger partial charge in [-0.1, -0.05) is 32.9 Å². The molecule has 0 saturated heterocycles. The molecule has 0 heterocycles. The summed E-state index contributed by atoms with van der Waals surface area (Å²) in [6.07, 6.45) is -4.71. The van der Waals surface area contributed by atoms with E-state index in [-0.39, 0.29) is 16.9 Å². The van der Waals surface area contributed by atoms with Gasteiger partial charge in [0.05, 0.1) is 6.61 Å². The first-order valence-electron chi connectivity index (χ1n) is 5.15. The smallest absolute Gasteiger partial charge is 0.489 e. The van der Waals surface area contributed by atoms with Crippen LogP contribution in [0.2, 0.25) is 0 Å². The molecule has 0 aliphatic rings. The molecule has 2 nitrogen and oxygen atoms in total. The fourth-order valence-corrected chi connectivity index (χ4v) is 1.07. The van der Waals surface area contributed by atoms with Gasteiger partial charge in [-0.25, -0.2) is 0 Å². The van der Waals surface area contributed by atoms with E-state index >= 15 is 0 Å². The topological polar surface area (TPSA) is 18.5 Å². The summed E-state index contributed by atoms with van der Waals surface area (Å²) in [4.78, 5) is 0. The molecule has 0 amide bonds. The maximum absolute atomic E-state index is 12.1. The van der Waals surface area contributed by atoms with Crippen molar-refractivity contribution in [2.75, 3.05) is 6.61 Å². The lowest BCUT2D eigenvalue weighted by atomic mass is 9.99. The van der Waals surface area contributed by atoms with Crippen LogP contribution in [0.4, 0.5) is 13.2 Å². The predicted octanol–water partition coefficient (Wildman–Crippen LogP) is 4.01. The average molecular weight is 248 g/mol. The predicted molar refractivity (Wildman–Crippen MR) is 58.1 cm³/mol. The Morgan fingerprint density at radius 3 is 2.00 bits per heavy atom. The second kappa shape index (κ2) is 4.85. The molecule has 0 fully saturated rings. The summed E-state index contributed by atoms with van der Waals surface area (Å²) in [5.41, 5.74) is -0.134. The van der Waals surface area contributed by atoms with Gasteiger partial charge in [0, 0.05) is 0 Å². The van der Waals surface area contributed by atoms with E-state index in [0.29, 0.717) is 6.61 Å². The molecule has 0 saturated carbocycles. The van der Waals surface area contributed by atoms with Gasteiger partial charge in [0.15, 0.2) is 11.5 Å². The van der Waals surface area contributed by atoms with Gasteiger partial charge in [-0.05, 0) is 17.5 Å². The van der Waals surface area contributed by atoms with Crippen LogP contribution in [0.1, 0.15) is 20.8 Å². The van der Waals surface area contributed by atoms with Crippen molar-refractivity contribution in [2.45, 2.75) is 27.1 Å². The summed E-state index contributed by atoms with van der Waals surface area (Å²) in [7, 11) is 0. The molecule has 0 aliphatic carbocycles. The van der Waals surface area contributed by atoms with E-state index in [1.54, 1.807) is 6.07 Å². The number of hydrogen-bond donors (Lipinski definition) is 0. The molecule has 0 radical (unpaired) electrons. The van der Waals surface area contributed by atoms with Gasteiger partial charge in [0.1, 0.15) is 0 Å². The van der Waals surface area contributed by atoms with Gasteiger partial charge >= 0.3 is 6.36 Å². The number of hydrogen-bond acceptors (Lipinski definition) is 2. The largest absolute Gasteiger partial charge is 0.573 e. The first-order valence-corrected chi connectivity index (χ1v) is 5.15. The zero-order chi connectivity index (χ0) is 13.1. The Bertz CT molecular complexity index is 367. The highest BCUT2D eigenvalue weighted by Gasteiger charge is 2.32. The van der Waals surface area contributed by atoms with Gasteiger partial charge in [0.25, 0.3) is 0 Å². The number of halogens is 3. The van der Waals surface area contributed by atoms with Crippen LogP contribution in [0, 0.1) is 5.41 Å². The van der Waals surface area contributed by atoms with E-state index < -0.39 is 6.36 Å². The summed E-state index contributed by atoms with van der Waals surface area (Å²) >= 11 is 0. The van der Waals surface area contributed by atoms with Crippen molar-refractivity contribution in [2.24, 2.45) is 5.41 Å². The standard InChI is InChI=1S/C12H15F3O2/c1-11(2,3)8-16-9-6-4-5-7-10(9)17-12(13,14)15/h4-7H,8H2,1-3H3. The molecule has 0 aliphatic heterocycles. The highest BCUT2D eigenvalue weighted by molar-refractivity contribution is 5.39. The minimum absolute atomic E-state index is 0.0970. The van der Waals surface area contributed by atoms with Gasteiger partial charge < -0.3 is 9.47 Å². The molecule has 1 aromatic carbocycles. The summed E-state index contributed by atoms with van der Waals surface area (Å²) in [6.45, 7) is 6.10. The summed E-state index contributed by atoms with van der Waals surface area (Å²) < 4.78 is 45.5. The van der Waals surface area contributed by atoms with Gasteiger partial charge in [-0.15, -0.1) is 13.2 Å². The van der Waals surface area contributed by atoms with Crippen molar-refractivity contribution in [3.63, 3.8) is 0 Å². The second-order valence-corrected chi connectivity index (χ2v) is 4.84. The highest BCUT2D eigenvalue weighted by Crippen LogP contribution is 2.32. The Morgan fingerprint density at radius 1 is 1.00 bits per heavy atom. The Hall–Kier alpha value is -1.39. The fraction of sp³-hybridized carbons (Fsp3) is 0.500. The third-order valence-corrected chi connectivity index (χ3v) is 1.74. The van der Waals surface area contributed by atoms with Crippen LogP contribution in [0.15, 0.2) is 24.3 Å². The van der Waals surface area contributed by atoms with E-state index in [1.165, 1.54) is 18.2 Å². The molecule has 0 unspecified atom stereocenters. The van der Waals surface area contributed by atoms with Crippen molar-refractivity contribution in [1.82, 2.24) is 0 Å². The summed E-state index contributed by atoms with van der Waals surface area (Å²) in [5, 5.41) is 0. The number of alkyl halides is 3. The molecule has 5 heteroatoms. The normalized spacial score (nSPS) is 12.4. The molecule has 17 heavy (non-hydrogen) atoms. The average Bonchev–Trinajstić information content (AvgIpc) is 2.12. The van der Waals surface area contributed by atoms with Gasteiger partial charge in [-0.2, -0.15) is 0 Å². The number of ether oxygens (including phenoxy) is 2. The Morgan fingerprint density at radius 2 is 1.53 bits per heavy atom. The third-order valence-electron chi connectivity index (χ3n) is 1.74. The monoisotopic (exact) mass is 248 g/mol. The van der Waals surface area contributed by atoms with Crippen LogP contribution < -0.4 is 9.47 Å². The summed E-state index contributed by atoms with van der Waals surface area (Å²) in [6, 6.07) is 5.74. The lowest BCUT2D eigenvalue weighted by Crippen LogP contribution is -2.20. The van der Waals surface area contributed by atoms with Gasteiger partial charge in [0.2, 0.25) is 0 Å². The van der Waals surface area contributed by atoms with Crippen LogP contribution >= 0.6 is 0 Å². The van der Waals surface area contributed by atoms with E-state index in [2.05, 4.69) is 4.74 Å². The third kappa shape index (κ3) is 5.47. The molecule has 0 spiro atoms. The molecule has 96 valence electrons. The van der Waals surface area contributed by atoms with Crippen molar-refractivity contribution in [1.29, 1.82) is 0 Å². The maximum atomic E-state index is 12.1. The molecule has 0 atom stereocenters. The van der Waals surface area contributed by atoms with Crippen LogP contribution in [0.25, 0.3) is 0 Å². The van der Waals surface area contributed by atoms with E-state index in [0.717, 1.165) is 0 Å². The Balaban J connectivity index is 2.78. The zero-order valence-corrected chi connectivity index (χ0v) is 9.97. The molecule has 1 aromatic rings. The van der Waals surface area contributed by atoms with Crippen molar-refractivity contribution < 1.29 is 22.6 Å². The first-order chi connectivity index (χ1) is 7.67. The van der Waals surface area contributed by atoms with E-state index in [1.807, 2.05) is 20.8 Å². The van der Waals surface area contributed by atoms with Crippen molar-refractivity contribution in [3.8, 4) is 11.5 Å². The zero-order valence-electron chi connectivity index (χ0n) is 9.97. The van der Waals surface area contributed by atoms with Crippen LogP contribution in [-0.2, 0) is 0 Å². The number of rotatable bonds is 3. The Kier molecular flexibility index (Phi) is 3.91. The first kappa shape index (κ1) is 13.7. The second-order valence-electron chi connectivity index (χ2n) is 4.84. The molecular formula is C12H15F3O2. The van der Waals surface area contributed by atoms with E-state index in [4.69, 9.17) is 4.74 Å². The minimum atomic E-state index is -4.71. The van der Waals surface area contributed by atoms with Crippen LogP contribution in [0.3, 0.4) is 0 Å². The van der Waals surface area contributed by atoms with Crippen molar-refractivity contribution >= 4 is 0 Å². The van der Waals surface area contributed by atoms with Crippen molar-refractivity contribution in [3.05, 3.63) is 24.3 Å².